The molecule has 102 valence electrons. The van der Waals surface area contributed by atoms with Crippen LogP contribution < -0.4 is 11.1 Å². The topological polar surface area (TPSA) is 105 Å². The van der Waals surface area contributed by atoms with E-state index in [4.69, 9.17) is 10.8 Å². The first kappa shape index (κ1) is 13.5. The lowest BCUT2D eigenvalue weighted by molar-refractivity contribution is -0.136. The third-order valence-electron chi connectivity index (χ3n) is 2.65. The van der Waals surface area contributed by atoms with Crippen LogP contribution in [0.5, 0.6) is 0 Å². The predicted octanol–water partition coefficient (Wildman–Crippen LogP) is 1.54. The predicted molar refractivity (Wildman–Crippen MR) is 74.4 cm³/mol. The van der Waals surface area contributed by atoms with Crippen molar-refractivity contribution in [1.29, 1.82) is 0 Å². The van der Waals surface area contributed by atoms with Crippen molar-refractivity contribution >= 4 is 23.4 Å². The van der Waals surface area contributed by atoms with Crippen LogP contribution in [0.3, 0.4) is 0 Å². The highest BCUT2D eigenvalue weighted by atomic mass is 16.4. The van der Waals surface area contributed by atoms with Crippen molar-refractivity contribution in [2.24, 2.45) is 0 Å². The lowest BCUT2D eigenvalue weighted by Gasteiger charge is -2.07. The summed E-state index contributed by atoms with van der Waals surface area (Å²) in [6.45, 7) is 0. The number of carbonyl (C=O) groups is 2. The third-order valence-corrected chi connectivity index (χ3v) is 2.65. The number of carboxylic acids is 1. The first-order valence-corrected chi connectivity index (χ1v) is 5.89. The van der Waals surface area contributed by atoms with Gasteiger partial charge in [-0.15, -0.1) is 0 Å². The molecule has 1 aromatic carbocycles. The van der Waals surface area contributed by atoms with Crippen LogP contribution in [0.1, 0.15) is 15.9 Å². The summed E-state index contributed by atoms with van der Waals surface area (Å²) in [6, 6.07) is 9.79. The molecule has 0 spiro atoms. The number of amides is 1. The average molecular weight is 271 g/mol. The summed E-state index contributed by atoms with van der Waals surface area (Å²) in [5.74, 6) is -1.10. The molecular weight excluding hydrogens is 258 g/mol. The van der Waals surface area contributed by atoms with Crippen molar-refractivity contribution in [2.45, 2.75) is 6.42 Å². The molecule has 0 saturated heterocycles. The Hall–Kier alpha value is -2.89. The van der Waals surface area contributed by atoms with Crippen LogP contribution >= 0.6 is 0 Å². The molecule has 0 bridgehead atoms. The number of aliphatic carboxylic acids is 1. The van der Waals surface area contributed by atoms with Gasteiger partial charge in [-0.1, -0.05) is 12.1 Å². The van der Waals surface area contributed by atoms with E-state index < -0.39 is 5.97 Å². The standard InChI is InChI=1S/C14H13N3O3/c15-13-11(2-1-7-16-13)14(20)17-10-5-3-9(4-6-10)8-12(18)19/h1-7H,8H2,(H2,15,16)(H,17,20)(H,18,19). The number of nitrogens with zero attached hydrogens (tertiary/aromatic N) is 1. The number of carbonyl (C=O) groups excluding carboxylic acids is 1. The molecule has 0 fully saturated rings. The van der Waals surface area contributed by atoms with Crippen molar-refractivity contribution in [1.82, 2.24) is 4.98 Å². The number of nitrogen functional groups attached to an aromatic ring is 1. The molecule has 1 heterocycles. The SMILES string of the molecule is Nc1ncccc1C(=O)Nc1ccc(CC(=O)O)cc1. The van der Waals surface area contributed by atoms with Gasteiger partial charge in [-0.05, 0) is 29.8 Å². The third kappa shape index (κ3) is 3.32. The highest BCUT2D eigenvalue weighted by Crippen LogP contribution is 2.14. The number of hydrogen-bond acceptors (Lipinski definition) is 4. The van der Waals surface area contributed by atoms with Crippen LogP contribution in [-0.4, -0.2) is 22.0 Å². The Kier molecular flexibility index (Phi) is 3.95. The van der Waals surface area contributed by atoms with E-state index in [1.54, 1.807) is 36.4 Å². The number of rotatable bonds is 4. The molecule has 6 nitrogen and oxygen atoms in total. The van der Waals surface area contributed by atoms with E-state index in [1.807, 2.05) is 0 Å². The highest BCUT2D eigenvalue weighted by Gasteiger charge is 2.10. The Balaban J connectivity index is 2.09. The molecule has 2 aromatic rings. The summed E-state index contributed by atoms with van der Waals surface area (Å²) in [4.78, 5) is 26.4. The molecular formula is C14H13N3O3. The van der Waals surface area contributed by atoms with E-state index in [1.165, 1.54) is 6.20 Å². The molecule has 4 N–H and O–H groups in total. The monoisotopic (exact) mass is 271 g/mol. The molecule has 0 saturated carbocycles. The van der Waals surface area contributed by atoms with Gasteiger partial charge in [-0.3, -0.25) is 9.59 Å². The molecule has 0 unspecified atom stereocenters. The smallest absolute Gasteiger partial charge is 0.307 e. The van der Waals surface area contributed by atoms with Crippen molar-refractivity contribution in [3.05, 3.63) is 53.7 Å². The van der Waals surface area contributed by atoms with Crippen molar-refractivity contribution in [3.63, 3.8) is 0 Å². The molecule has 0 aliphatic carbocycles. The van der Waals surface area contributed by atoms with E-state index in [2.05, 4.69) is 10.3 Å². The van der Waals surface area contributed by atoms with Gasteiger partial charge in [0.1, 0.15) is 5.82 Å². The van der Waals surface area contributed by atoms with Crippen LogP contribution in [0.25, 0.3) is 0 Å². The number of nitrogens with one attached hydrogen (secondary N) is 1. The van der Waals surface area contributed by atoms with Crippen LogP contribution in [0.2, 0.25) is 0 Å². The molecule has 0 atom stereocenters. The number of hydrogen-bond donors (Lipinski definition) is 3. The van der Waals surface area contributed by atoms with Crippen LogP contribution in [-0.2, 0) is 11.2 Å². The molecule has 0 aliphatic heterocycles. The zero-order valence-corrected chi connectivity index (χ0v) is 10.5. The summed E-state index contributed by atoms with van der Waals surface area (Å²) in [5.41, 5.74) is 7.14. The van der Waals surface area contributed by atoms with E-state index >= 15 is 0 Å². The van der Waals surface area contributed by atoms with Gasteiger partial charge in [0.15, 0.2) is 0 Å². The van der Waals surface area contributed by atoms with E-state index in [0.717, 1.165) is 0 Å². The van der Waals surface area contributed by atoms with Crippen molar-refractivity contribution in [3.8, 4) is 0 Å². The molecule has 0 radical (unpaired) electrons. The minimum Gasteiger partial charge on any atom is -0.481 e. The maximum Gasteiger partial charge on any atom is 0.307 e. The van der Waals surface area contributed by atoms with Gasteiger partial charge >= 0.3 is 5.97 Å². The Morgan fingerprint density at radius 3 is 2.50 bits per heavy atom. The molecule has 20 heavy (non-hydrogen) atoms. The summed E-state index contributed by atoms with van der Waals surface area (Å²) in [5, 5.41) is 11.3. The number of pyridine rings is 1. The zero-order valence-electron chi connectivity index (χ0n) is 10.5. The fourth-order valence-corrected chi connectivity index (χ4v) is 1.69. The number of anilines is 2. The van der Waals surface area contributed by atoms with Gasteiger partial charge in [-0.25, -0.2) is 4.98 Å². The van der Waals surface area contributed by atoms with E-state index in [9.17, 15) is 9.59 Å². The highest BCUT2D eigenvalue weighted by molar-refractivity contribution is 6.07. The first-order valence-electron chi connectivity index (χ1n) is 5.89. The maximum atomic E-state index is 12.0. The van der Waals surface area contributed by atoms with Gasteiger partial charge in [0, 0.05) is 11.9 Å². The second kappa shape index (κ2) is 5.83. The fourth-order valence-electron chi connectivity index (χ4n) is 1.69. The van der Waals surface area contributed by atoms with Gasteiger partial charge in [-0.2, -0.15) is 0 Å². The molecule has 1 aromatic heterocycles. The lowest BCUT2D eigenvalue weighted by Crippen LogP contribution is -2.14. The second-order valence-corrected chi connectivity index (χ2v) is 4.16. The first-order chi connectivity index (χ1) is 9.56. The molecule has 2 rings (SSSR count). The normalized spacial score (nSPS) is 10.0. The largest absolute Gasteiger partial charge is 0.481 e. The van der Waals surface area contributed by atoms with Gasteiger partial charge in [0.2, 0.25) is 0 Å². The maximum absolute atomic E-state index is 12.0. The number of carboxylic acid groups (broad SMARTS) is 1. The minimum atomic E-state index is -0.898. The van der Waals surface area contributed by atoms with Crippen molar-refractivity contribution < 1.29 is 14.7 Å². The van der Waals surface area contributed by atoms with Gasteiger partial charge < -0.3 is 16.2 Å². The summed E-state index contributed by atoms with van der Waals surface area (Å²) in [6.07, 6.45) is 1.45. The minimum absolute atomic E-state index is 0.0518. The molecule has 1 amide bonds. The van der Waals surface area contributed by atoms with Gasteiger partial charge in [0.25, 0.3) is 5.91 Å². The zero-order chi connectivity index (χ0) is 14.5. The summed E-state index contributed by atoms with van der Waals surface area (Å²) in [7, 11) is 0. The fraction of sp³-hybridized carbons (Fsp3) is 0.0714. The van der Waals surface area contributed by atoms with E-state index in [-0.39, 0.29) is 18.1 Å². The number of benzene rings is 1. The average Bonchev–Trinajstić information content (AvgIpc) is 2.41. The Morgan fingerprint density at radius 1 is 1.20 bits per heavy atom. The summed E-state index contributed by atoms with van der Waals surface area (Å²) < 4.78 is 0. The quantitative estimate of drug-likeness (QED) is 0.782. The number of nitrogens with two attached hydrogens (primary N) is 1. The molecule has 6 heteroatoms. The Labute approximate surface area is 115 Å². The Bertz CT molecular complexity index is 638. The van der Waals surface area contributed by atoms with E-state index in [0.29, 0.717) is 16.8 Å². The number of aromatic nitrogens is 1. The second-order valence-electron chi connectivity index (χ2n) is 4.16. The summed E-state index contributed by atoms with van der Waals surface area (Å²) >= 11 is 0. The van der Waals surface area contributed by atoms with Crippen molar-refractivity contribution in [2.75, 3.05) is 11.1 Å². The van der Waals surface area contributed by atoms with Crippen LogP contribution in [0.4, 0.5) is 11.5 Å². The lowest BCUT2D eigenvalue weighted by atomic mass is 10.1. The van der Waals surface area contributed by atoms with Crippen LogP contribution in [0.15, 0.2) is 42.6 Å². The van der Waals surface area contributed by atoms with Gasteiger partial charge in [0.05, 0.1) is 12.0 Å². The van der Waals surface area contributed by atoms with Crippen LogP contribution in [0, 0.1) is 0 Å². The molecule has 0 aliphatic rings. The Morgan fingerprint density at radius 2 is 1.90 bits per heavy atom.